The van der Waals surface area contributed by atoms with E-state index in [0.29, 0.717) is 0 Å². The highest BCUT2D eigenvalue weighted by atomic mass is 14.9. The molecule has 0 aromatic rings. The second kappa shape index (κ2) is 17.8. The smallest absolute Gasteiger partial charge is 0.00682 e. The van der Waals surface area contributed by atoms with Crippen molar-refractivity contribution in [3.05, 3.63) is 0 Å². The van der Waals surface area contributed by atoms with E-state index in [0.717, 1.165) is 6.04 Å². The average molecular weight is 338 g/mol. The van der Waals surface area contributed by atoms with Gasteiger partial charge in [0.25, 0.3) is 0 Å². The first-order chi connectivity index (χ1) is 11.9. The van der Waals surface area contributed by atoms with Crippen molar-refractivity contribution in [1.82, 2.24) is 5.32 Å². The number of rotatable bonds is 20. The van der Waals surface area contributed by atoms with E-state index in [-0.39, 0.29) is 0 Å². The first-order valence-corrected chi connectivity index (χ1v) is 11.7. The van der Waals surface area contributed by atoms with Crippen molar-refractivity contribution in [2.75, 3.05) is 6.54 Å². The van der Waals surface area contributed by atoms with Crippen molar-refractivity contribution in [2.24, 2.45) is 0 Å². The molecule has 1 aliphatic rings. The van der Waals surface area contributed by atoms with Gasteiger partial charge in [-0.3, -0.25) is 0 Å². The van der Waals surface area contributed by atoms with Crippen molar-refractivity contribution >= 4 is 0 Å². The summed E-state index contributed by atoms with van der Waals surface area (Å²) in [7, 11) is 0. The largest absolute Gasteiger partial charge is 0.314 e. The molecule has 1 nitrogen and oxygen atoms in total. The molecule has 24 heavy (non-hydrogen) atoms. The molecule has 0 unspecified atom stereocenters. The van der Waals surface area contributed by atoms with Crippen molar-refractivity contribution < 1.29 is 0 Å². The van der Waals surface area contributed by atoms with Crippen LogP contribution < -0.4 is 5.32 Å². The van der Waals surface area contributed by atoms with Crippen LogP contribution in [0.25, 0.3) is 0 Å². The molecule has 1 fully saturated rings. The molecule has 0 aliphatic heterocycles. The predicted molar refractivity (Wildman–Crippen MR) is 110 cm³/mol. The van der Waals surface area contributed by atoms with Crippen molar-refractivity contribution in [1.29, 1.82) is 0 Å². The number of unbranched alkanes of at least 4 members (excludes halogenated alkanes) is 17. The Hall–Kier alpha value is -0.0400. The molecule has 0 aromatic heterocycles. The van der Waals surface area contributed by atoms with E-state index in [1.165, 1.54) is 135 Å². The second-order valence-electron chi connectivity index (χ2n) is 8.24. The normalized spacial score (nSPS) is 14.4. The molecule has 1 saturated carbocycles. The van der Waals surface area contributed by atoms with Crippen LogP contribution in [0.1, 0.15) is 135 Å². The maximum atomic E-state index is 3.61. The Morgan fingerprint density at radius 1 is 0.500 bits per heavy atom. The van der Waals surface area contributed by atoms with Crippen molar-refractivity contribution in [2.45, 2.75) is 141 Å². The summed E-state index contributed by atoms with van der Waals surface area (Å²) in [4.78, 5) is 0. The molecule has 0 heterocycles. The van der Waals surface area contributed by atoms with Gasteiger partial charge in [0.05, 0.1) is 0 Å². The average Bonchev–Trinajstić information content (AvgIpc) is 3.41. The molecule has 0 amide bonds. The van der Waals surface area contributed by atoms with E-state index < -0.39 is 0 Å². The SMILES string of the molecule is CCCCCCCCCCCCCCCCCCCCNC1CC1. The van der Waals surface area contributed by atoms with Crippen molar-refractivity contribution in [3.8, 4) is 0 Å². The van der Waals surface area contributed by atoms with Crippen LogP contribution >= 0.6 is 0 Å². The fourth-order valence-corrected chi connectivity index (χ4v) is 3.62. The summed E-state index contributed by atoms with van der Waals surface area (Å²) >= 11 is 0. The Kier molecular flexibility index (Phi) is 16.3. The zero-order chi connectivity index (χ0) is 17.1. The van der Waals surface area contributed by atoms with E-state index in [1.54, 1.807) is 0 Å². The molecule has 0 saturated heterocycles. The summed E-state index contributed by atoms with van der Waals surface area (Å²) in [6, 6.07) is 0.899. The van der Waals surface area contributed by atoms with E-state index >= 15 is 0 Å². The van der Waals surface area contributed by atoms with Gasteiger partial charge in [0.2, 0.25) is 0 Å². The number of nitrogens with one attached hydrogen (secondary N) is 1. The highest BCUT2D eigenvalue weighted by Gasteiger charge is 2.19. The Morgan fingerprint density at radius 2 is 0.833 bits per heavy atom. The number of hydrogen-bond acceptors (Lipinski definition) is 1. The van der Waals surface area contributed by atoms with Gasteiger partial charge in [0.15, 0.2) is 0 Å². The highest BCUT2D eigenvalue weighted by molar-refractivity contribution is 4.80. The van der Waals surface area contributed by atoms with Crippen LogP contribution in [0.4, 0.5) is 0 Å². The third-order valence-electron chi connectivity index (χ3n) is 5.54. The fraction of sp³-hybridized carbons (Fsp3) is 1.00. The molecule has 0 aromatic carbocycles. The van der Waals surface area contributed by atoms with Gasteiger partial charge in [0, 0.05) is 6.04 Å². The van der Waals surface area contributed by atoms with Crippen LogP contribution in [0, 0.1) is 0 Å². The lowest BCUT2D eigenvalue weighted by atomic mass is 10.0. The molecule has 0 atom stereocenters. The molecule has 1 heteroatoms. The predicted octanol–water partition coefficient (Wildman–Crippen LogP) is 7.78. The van der Waals surface area contributed by atoms with Gasteiger partial charge in [0.1, 0.15) is 0 Å². The van der Waals surface area contributed by atoms with Gasteiger partial charge in [-0.2, -0.15) is 0 Å². The topological polar surface area (TPSA) is 12.0 Å². The minimum atomic E-state index is 0.899. The van der Waals surface area contributed by atoms with E-state index in [9.17, 15) is 0 Å². The molecule has 1 rings (SSSR count). The summed E-state index contributed by atoms with van der Waals surface area (Å²) in [6.07, 6.45) is 29.3. The van der Waals surface area contributed by atoms with E-state index in [4.69, 9.17) is 0 Å². The minimum Gasteiger partial charge on any atom is -0.314 e. The summed E-state index contributed by atoms with van der Waals surface area (Å²) in [5, 5.41) is 3.61. The van der Waals surface area contributed by atoms with Gasteiger partial charge >= 0.3 is 0 Å². The quantitative estimate of drug-likeness (QED) is 0.224. The third kappa shape index (κ3) is 16.8. The van der Waals surface area contributed by atoms with Crippen LogP contribution in [0.15, 0.2) is 0 Å². The summed E-state index contributed by atoms with van der Waals surface area (Å²) in [5.41, 5.74) is 0. The molecular weight excluding hydrogens is 290 g/mol. The van der Waals surface area contributed by atoms with Gasteiger partial charge in [-0.25, -0.2) is 0 Å². The number of hydrogen-bond donors (Lipinski definition) is 1. The van der Waals surface area contributed by atoms with E-state index in [1.807, 2.05) is 0 Å². The Morgan fingerprint density at radius 3 is 1.17 bits per heavy atom. The van der Waals surface area contributed by atoms with Crippen LogP contribution in [0.3, 0.4) is 0 Å². The summed E-state index contributed by atoms with van der Waals surface area (Å²) < 4.78 is 0. The highest BCUT2D eigenvalue weighted by Crippen LogP contribution is 2.18. The molecule has 0 radical (unpaired) electrons. The Labute approximate surface area is 153 Å². The molecule has 1 N–H and O–H groups in total. The molecule has 144 valence electrons. The van der Waals surface area contributed by atoms with Crippen LogP contribution in [-0.2, 0) is 0 Å². The van der Waals surface area contributed by atoms with Crippen molar-refractivity contribution in [3.63, 3.8) is 0 Å². The maximum Gasteiger partial charge on any atom is 0.00682 e. The van der Waals surface area contributed by atoms with Gasteiger partial charge in [-0.1, -0.05) is 116 Å². The molecule has 0 bridgehead atoms. The molecule has 0 spiro atoms. The first kappa shape index (κ1) is 22.0. The molecule has 1 aliphatic carbocycles. The Balaban J connectivity index is 1.59. The zero-order valence-electron chi connectivity index (χ0n) is 16.9. The fourth-order valence-electron chi connectivity index (χ4n) is 3.62. The van der Waals surface area contributed by atoms with Gasteiger partial charge in [-0.15, -0.1) is 0 Å². The Bertz CT molecular complexity index is 234. The van der Waals surface area contributed by atoms with Crippen LogP contribution in [0.2, 0.25) is 0 Å². The monoisotopic (exact) mass is 337 g/mol. The minimum absolute atomic E-state index is 0.899. The second-order valence-corrected chi connectivity index (χ2v) is 8.24. The van der Waals surface area contributed by atoms with Gasteiger partial charge in [-0.05, 0) is 25.8 Å². The van der Waals surface area contributed by atoms with Crippen LogP contribution in [0.5, 0.6) is 0 Å². The lowest BCUT2D eigenvalue weighted by Crippen LogP contribution is -2.17. The maximum absolute atomic E-state index is 3.61. The lowest BCUT2D eigenvalue weighted by molar-refractivity contribution is 0.521. The van der Waals surface area contributed by atoms with Crippen LogP contribution in [-0.4, -0.2) is 12.6 Å². The molecular formula is C23H47N. The summed E-state index contributed by atoms with van der Waals surface area (Å²) in [6.45, 7) is 3.57. The lowest BCUT2D eigenvalue weighted by Gasteiger charge is -2.04. The standard InChI is InChI=1S/C23H47N/c1-2-3-4-5-6-7-8-9-10-11-12-13-14-15-16-17-18-19-22-24-23-20-21-23/h23-24H,2-22H2,1H3. The van der Waals surface area contributed by atoms with Gasteiger partial charge < -0.3 is 5.32 Å². The first-order valence-electron chi connectivity index (χ1n) is 11.7. The zero-order valence-corrected chi connectivity index (χ0v) is 16.9. The summed E-state index contributed by atoms with van der Waals surface area (Å²) in [5.74, 6) is 0. The van der Waals surface area contributed by atoms with E-state index in [2.05, 4.69) is 12.2 Å². The third-order valence-corrected chi connectivity index (χ3v) is 5.54.